The molecular formula is C22H19N5OS. The number of aromatic nitrogens is 3. The van der Waals surface area contributed by atoms with Crippen molar-refractivity contribution in [2.24, 2.45) is 0 Å². The second-order valence-electron chi connectivity index (χ2n) is 6.80. The summed E-state index contributed by atoms with van der Waals surface area (Å²) in [5.74, 6) is 0.383. The van der Waals surface area contributed by atoms with Crippen LogP contribution >= 0.6 is 12.8 Å². The van der Waals surface area contributed by atoms with Crippen LogP contribution in [0, 0.1) is 0 Å². The first-order valence-corrected chi connectivity index (χ1v) is 9.44. The van der Waals surface area contributed by atoms with Gasteiger partial charge >= 0.3 is 6.03 Å². The van der Waals surface area contributed by atoms with Crippen LogP contribution in [0.4, 0.5) is 10.6 Å². The number of thiol groups is 1. The minimum absolute atomic E-state index is 0.342. The van der Waals surface area contributed by atoms with Gasteiger partial charge in [0, 0.05) is 5.56 Å². The summed E-state index contributed by atoms with van der Waals surface area (Å²) in [6.45, 7) is 5.95. The summed E-state index contributed by atoms with van der Waals surface area (Å²) in [6.07, 6.45) is 1.73. The lowest BCUT2D eigenvalue weighted by Crippen LogP contribution is -2.28. The Morgan fingerprint density at radius 1 is 1.10 bits per heavy atom. The number of pyridine rings is 1. The SMILES string of the molecule is C=C(C)CN(S)C(=O)Nc1ccc2ncc(-c3ccc4ccccc4c3)nc2n1. The minimum Gasteiger partial charge on any atom is -0.291 e. The van der Waals surface area contributed by atoms with E-state index in [0.29, 0.717) is 23.5 Å². The molecule has 0 saturated heterocycles. The molecule has 0 aliphatic heterocycles. The van der Waals surface area contributed by atoms with Gasteiger partial charge in [-0.15, -0.1) is 0 Å². The summed E-state index contributed by atoms with van der Waals surface area (Å²) < 4.78 is 1.24. The molecule has 0 unspecified atom stereocenters. The maximum atomic E-state index is 12.2. The number of carbonyl (C=O) groups is 1. The lowest BCUT2D eigenvalue weighted by molar-refractivity contribution is 0.240. The normalized spacial score (nSPS) is 10.8. The van der Waals surface area contributed by atoms with Crippen molar-refractivity contribution in [2.75, 3.05) is 11.9 Å². The highest BCUT2D eigenvalue weighted by Gasteiger charge is 2.12. The van der Waals surface area contributed by atoms with Crippen LogP contribution in [-0.4, -0.2) is 31.8 Å². The standard InChI is InChI=1S/C22H19N5OS/c1-14(2)13-27(29)22(28)26-20-10-9-18-21(25-20)24-19(12-23-18)17-8-7-15-5-3-4-6-16(15)11-17/h3-12,29H,1,13H2,2H3,(H,24,25,26,28). The number of rotatable bonds is 4. The van der Waals surface area contributed by atoms with Gasteiger partial charge in [-0.3, -0.25) is 14.6 Å². The second kappa shape index (κ2) is 7.89. The number of fused-ring (bicyclic) bond motifs is 2. The molecule has 2 aromatic carbocycles. The van der Waals surface area contributed by atoms with Crippen molar-refractivity contribution in [1.29, 1.82) is 0 Å². The highest BCUT2D eigenvalue weighted by Crippen LogP contribution is 2.24. The predicted octanol–water partition coefficient (Wildman–Crippen LogP) is 5.10. The Labute approximate surface area is 173 Å². The number of amides is 2. The average Bonchev–Trinajstić information content (AvgIpc) is 2.72. The van der Waals surface area contributed by atoms with Gasteiger partial charge in [0.05, 0.1) is 18.4 Å². The van der Waals surface area contributed by atoms with Crippen LogP contribution < -0.4 is 5.32 Å². The van der Waals surface area contributed by atoms with E-state index in [9.17, 15) is 4.79 Å². The summed E-state index contributed by atoms with van der Waals surface area (Å²) >= 11 is 4.17. The van der Waals surface area contributed by atoms with Crippen LogP contribution in [0.2, 0.25) is 0 Å². The Morgan fingerprint density at radius 3 is 2.69 bits per heavy atom. The summed E-state index contributed by atoms with van der Waals surface area (Å²) in [5.41, 5.74) is 3.61. The fourth-order valence-corrected chi connectivity index (χ4v) is 3.25. The molecule has 2 amide bonds. The summed E-state index contributed by atoms with van der Waals surface area (Å²) in [5, 5.41) is 5.01. The van der Waals surface area contributed by atoms with Crippen molar-refractivity contribution in [1.82, 2.24) is 19.3 Å². The molecule has 0 aliphatic carbocycles. The molecule has 0 bridgehead atoms. The van der Waals surface area contributed by atoms with Crippen molar-refractivity contribution in [3.8, 4) is 11.3 Å². The Kier molecular flexibility index (Phi) is 5.14. The van der Waals surface area contributed by atoms with Gasteiger partial charge < -0.3 is 0 Å². The van der Waals surface area contributed by atoms with Gasteiger partial charge in [-0.25, -0.2) is 14.8 Å². The molecule has 4 aromatic rings. The van der Waals surface area contributed by atoms with Gasteiger partial charge in [0.1, 0.15) is 11.3 Å². The first kappa shape index (κ1) is 18.9. The topological polar surface area (TPSA) is 71.0 Å². The number of anilines is 1. The minimum atomic E-state index is -0.387. The molecule has 0 fully saturated rings. The largest absolute Gasteiger partial charge is 0.333 e. The van der Waals surface area contributed by atoms with Crippen molar-refractivity contribution < 1.29 is 4.79 Å². The van der Waals surface area contributed by atoms with Gasteiger partial charge in [0.15, 0.2) is 5.65 Å². The van der Waals surface area contributed by atoms with Crippen LogP contribution in [0.25, 0.3) is 33.2 Å². The van der Waals surface area contributed by atoms with Crippen LogP contribution in [-0.2, 0) is 0 Å². The summed E-state index contributed by atoms with van der Waals surface area (Å²) in [4.78, 5) is 25.8. The maximum absolute atomic E-state index is 12.2. The highest BCUT2D eigenvalue weighted by molar-refractivity contribution is 7.78. The van der Waals surface area contributed by atoms with Crippen molar-refractivity contribution in [3.05, 3.63) is 72.9 Å². The second-order valence-corrected chi connectivity index (χ2v) is 7.28. The third kappa shape index (κ3) is 4.20. The number of benzene rings is 2. The quantitative estimate of drug-likeness (QED) is 0.369. The first-order chi connectivity index (χ1) is 14.0. The molecule has 0 aliphatic rings. The number of nitrogens with zero attached hydrogens (tertiary/aromatic N) is 4. The zero-order valence-corrected chi connectivity index (χ0v) is 16.7. The molecule has 2 aromatic heterocycles. The van der Waals surface area contributed by atoms with Gasteiger partial charge in [0.25, 0.3) is 0 Å². The van der Waals surface area contributed by atoms with Crippen LogP contribution in [0.5, 0.6) is 0 Å². The first-order valence-electron chi connectivity index (χ1n) is 9.04. The lowest BCUT2D eigenvalue weighted by Gasteiger charge is -2.16. The monoisotopic (exact) mass is 401 g/mol. The average molecular weight is 401 g/mol. The van der Waals surface area contributed by atoms with Crippen molar-refractivity contribution >= 4 is 46.6 Å². The van der Waals surface area contributed by atoms with E-state index in [1.807, 2.05) is 25.1 Å². The van der Waals surface area contributed by atoms with E-state index in [4.69, 9.17) is 0 Å². The zero-order valence-electron chi connectivity index (χ0n) is 15.8. The van der Waals surface area contributed by atoms with Crippen LogP contribution in [0.1, 0.15) is 6.92 Å². The molecule has 4 rings (SSSR count). The van der Waals surface area contributed by atoms with Crippen LogP contribution in [0.15, 0.2) is 72.9 Å². The number of hydrogen-bond acceptors (Lipinski definition) is 5. The maximum Gasteiger partial charge on any atom is 0.333 e. The van der Waals surface area contributed by atoms with E-state index < -0.39 is 0 Å². The molecule has 0 atom stereocenters. The third-order valence-electron chi connectivity index (χ3n) is 4.34. The van der Waals surface area contributed by atoms with E-state index in [-0.39, 0.29) is 6.03 Å². The molecule has 0 saturated carbocycles. The summed E-state index contributed by atoms with van der Waals surface area (Å²) in [6, 6.07) is 17.4. The van der Waals surface area contributed by atoms with Crippen molar-refractivity contribution in [2.45, 2.75) is 6.92 Å². The molecule has 1 N–H and O–H groups in total. The Bertz CT molecular complexity index is 1240. The van der Waals surface area contributed by atoms with E-state index in [1.165, 1.54) is 9.69 Å². The number of nitrogens with one attached hydrogen (secondary N) is 1. The molecule has 144 valence electrons. The predicted molar refractivity (Wildman–Crippen MR) is 120 cm³/mol. The van der Waals surface area contributed by atoms with E-state index >= 15 is 0 Å². The fraction of sp³-hybridized carbons (Fsp3) is 0.0909. The molecule has 2 heterocycles. The van der Waals surface area contributed by atoms with Gasteiger partial charge in [-0.1, -0.05) is 61.4 Å². The van der Waals surface area contributed by atoms with Crippen LogP contribution in [0.3, 0.4) is 0 Å². The smallest absolute Gasteiger partial charge is 0.291 e. The summed E-state index contributed by atoms with van der Waals surface area (Å²) in [7, 11) is 0. The van der Waals surface area contributed by atoms with E-state index in [1.54, 1.807) is 18.3 Å². The van der Waals surface area contributed by atoms with Gasteiger partial charge in [-0.2, -0.15) is 0 Å². The van der Waals surface area contributed by atoms with Gasteiger partial charge in [0.2, 0.25) is 0 Å². The molecule has 7 heteroatoms. The molecular weight excluding hydrogens is 382 g/mol. The molecule has 29 heavy (non-hydrogen) atoms. The Balaban J connectivity index is 1.64. The lowest BCUT2D eigenvalue weighted by atomic mass is 10.1. The van der Waals surface area contributed by atoms with Crippen molar-refractivity contribution in [3.63, 3.8) is 0 Å². The Morgan fingerprint density at radius 2 is 1.90 bits per heavy atom. The van der Waals surface area contributed by atoms with Gasteiger partial charge in [-0.05, 0) is 35.9 Å². The van der Waals surface area contributed by atoms with E-state index in [2.05, 4.69) is 63.9 Å². The highest BCUT2D eigenvalue weighted by atomic mass is 32.1. The number of hydrogen-bond donors (Lipinski definition) is 2. The number of urea groups is 1. The third-order valence-corrected chi connectivity index (χ3v) is 4.66. The van der Waals surface area contributed by atoms with E-state index in [0.717, 1.165) is 22.2 Å². The molecule has 0 spiro atoms. The number of carbonyl (C=O) groups excluding carboxylic acids is 1. The Hall–Kier alpha value is -3.45. The zero-order chi connectivity index (χ0) is 20.4. The molecule has 6 nitrogen and oxygen atoms in total. The fourth-order valence-electron chi connectivity index (χ4n) is 2.96. The molecule has 0 radical (unpaired) electrons.